The first-order valence-electron chi connectivity index (χ1n) is 9.06. The third kappa shape index (κ3) is 4.59. The van der Waals surface area contributed by atoms with Gasteiger partial charge in [0.05, 0.1) is 9.80 Å². The highest BCUT2D eigenvalue weighted by molar-refractivity contribution is 7.17. The molecule has 0 atom stereocenters. The van der Waals surface area contributed by atoms with Crippen molar-refractivity contribution in [2.45, 2.75) is 25.7 Å². The lowest BCUT2D eigenvalue weighted by Crippen LogP contribution is -2.50. The molecule has 2 aliphatic rings. The van der Waals surface area contributed by atoms with Crippen molar-refractivity contribution in [1.29, 1.82) is 0 Å². The molecule has 1 aromatic rings. The molecule has 142 valence electrons. The Bertz CT molecular complexity index is 663. The molecule has 26 heavy (non-hydrogen) atoms. The minimum atomic E-state index is -0.486. The van der Waals surface area contributed by atoms with Gasteiger partial charge in [-0.1, -0.05) is 11.3 Å². The molecule has 3 heterocycles. The minimum Gasteiger partial charge on any atom is -0.339 e. The third-order valence-electron chi connectivity index (χ3n) is 5.13. The molecule has 0 spiro atoms. The smallest absolute Gasteiger partial charge is 0.324 e. The van der Waals surface area contributed by atoms with Crippen LogP contribution < -0.4 is 5.32 Å². The van der Waals surface area contributed by atoms with Crippen molar-refractivity contribution in [2.24, 2.45) is 5.92 Å². The average molecular weight is 380 g/mol. The van der Waals surface area contributed by atoms with Gasteiger partial charge in [0.1, 0.15) is 0 Å². The van der Waals surface area contributed by atoms with Gasteiger partial charge in [0.15, 0.2) is 0 Å². The highest BCUT2D eigenvalue weighted by Gasteiger charge is 2.27. The van der Waals surface area contributed by atoms with E-state index in [9.17, 15) is 19.7 Å². The van der Waals surface area contributed by atoms with Crippen molar-refractivity contribution in [3.63, 3.8) is 0 Å². The van der Waals surface area contributed by atoms with Gasteiger partial charge in [-0.2, -0.15) is 0 Å². The number of piperidine rings is 1. The largest absolute Gasteiger partial charge is 0.339 e. The molecule has 2 fully saturated rings. The molecular weight excluding hydrogens is 356 g/mol. The maximum atomic E-state index is 12.4. The van der Waals surface area contributed by atoms with Crippen LogP contribution in [0.4, 0.5) is 5.00 Å². The molecule has 8 nitrogen and oxygen atoms in total. The first-order valence-corrected chi connectivity index (χ1v) is 9.88. The molecule has 0 saturated carbocycles. The van der Waals surface area contributed by atoms with Crippen LogP contribution in [0.2, 0.25) is 0 Å². The van der Waals surface area contributed by atoms with Gasteiger partial charge in [0, 0.05) is 38.7 Å². The van der Waals surface area contributed by atoms with Crippen molar-refractivity contribution in [3.8, 4) is 0 Å². The number of amides is 2. The predicted octanol–water partition coefficient (Wildman–Crippen LogP) is 1.72. The zero-order chi connectivity index (χ0) is 18.5. The minimum absolute atomic E-state index is 0.0277. The number of nitro groups is 1. The number of carbonyl (C=O) groups is 2. The quantitative estimate of drug-likeness (QED) is 0.620. The third-order valence-corrected chi connectivity index (χ3v) is 6.15. The summed E-state index contributed by atoms with van der Waals surface area (Å²) in [7, 11) is 0. The standard InChI is InChI=1S/C17H24N4O4S/c22-15(3-1-13-5-7-18-8-6-13)19-9-11-20(12-10-19)17(23)14-2-4-16(26-14)21(24)25/h2,4,13,18H,1,3,5-12H2. The normalized spacial score (nSPS) is 18.8. The molecular formula is C17H24N4O4S. The fourth-order valence-electron chi connectivity index (χ4n) is 3.51. The van der Waals surface area contributed by atoms with Crippen molar-refractivity contribution in [3.05, 3.63) is 27.1 Å². The van der Waals surface area contributed by atoms with Gasteiger partial charge in [-0.25, -0.2) is 0 Å². The van der Waals surface area contributed by atoms with Gasteiger partial charge in [-0.05, 0) is 44.3 Å². The van der Waals surface area contributed by atoms with E-state index in [1.54, 1.807) is 4.90 Å². The lowest BCUT2D eigenvalue weighted by molar-refractivity contribution is -0.380. The number of piperazine rings is 1. The van der Waals surface area contributed by atoms with Gasteiger partial charge in [0.2, 0.25) is 5.91 Å². The Balaban J connectivity index is 1.44. The van der Waals surface area contributed by atoms with E-state index in [-0.39, 0.29) is 16.8 Å². The molecule has 0 aliphatic carbocycles. The molecule has 0 bridgehead atoms. The van der Waals surface area contributed by atoms with Crippen LogP contribution in [0.15, 0.2) is 12.1 Å². The van der Waals surface area contributed by atoms with Crippen molar-refractivity contribution in [1.82, 2.24) is 15.1 Å². The van der Waals surface area contributed by atoms with Crippen LogP contribution in [-0.2, 0) is 4.79 Å². The number of carbonyl (C=O) groups excluding carboxylic acids is 2. The summed E-state index contributed by atoms with van der Waals surface area (Å²) in [5.74, 6) is 0.616. The number of rotatable bonds is 5. The van der Waals surface area contributed by atoms with Crippen molar-refractivity contribution in [2.75, 3.05) is 39.3 Å². The molecule has 0 unspecified atom stereocenters. The molecule has 1 aromatic heterocycles. The van der Waals surface area contributed by atoms with Gasteiger partial charge in [-0.15, -0.1) is 0 Å². The van der Waals surface area contributed by atoms with Crippen LogP contribution in [-0.4, -0.2) is 65.8 Å². The van der Waals surface area contributed by atoms with Crippen LogP contribution in [0, 0.1) is 16.0 Å². The Labute approximate surface area is 156 Å². The van der Waals surface area contributed by atoms with Gasteiger partial charge < -0.3 is 15.1 Å². The number of hydrogen-bond acceptors (Lipinski definition) is 6. The van der Waals surface area contributed by atoms with Crippen molar-refractivity contribution >= 4 is 28.2 Å². The summed E-state index contributed by atoms with van der Waals surface area (Å²) in [5, 5.41) is 14.1. The Morgan fingerprint density at radius 3 is 2.42 bits per heavy atom. The Hall–Kier alpha value is -2.00. The zero-order valence-corrected chi connectivity index (χ0v) is 15.5. The van der Waals surface area contributed by atoms with Gasteiger partial charge >= 0.3 is 5.00 Å². The number of hydrogen-bond donors (Lipinski definition) is 1. The fraction of sp³-hybridized carbons (Fsp3) is 0.647. The monoisotopic (exact) mass is 380 g/mol. The second kappa shape index (κ2) is 8.59. The Morgan fingerprint density at radius 2 is 1.81 bits per heavy atom. The Kier molecular flexibility index (Phi) is 6.20. The molecule has 0 radical (unpaired) electrons. The molecule has 9 heteroatoms. The average Bonchev–Trinajstić information content (AvgIpc) is 3.17. The first kappa shape index (κ1) is 18.8. The zero-order valence-electron chi connectivity index (χ0n) is 14.7. The van der Waals surface area contributed by atoms with Gasteiger partial charge in [-0.3, -0.25) is 19.7 Å². The van der Waals surface area contributed by atoms with Crippen molar-refractivity contribution < 1.29 is 14.5 Å². The molecule has 3 rings (SSSR count). The highest BCUT2D eigenvalue weighted by Crippen LogP contribution is 2.25. The van der Waals surface area contributed by atoms with E-state index in [0.717, 1.165) is 43.7 Å². The van der Waals surface area contributed by atoms with Crippen LogP contribution in [0.3, 0.4) is 0 Å². The lowest BCUT2D eigenvalue weighted by atomic mass is 9.93. The summed E-state index contributed by atoms with van der Waals surface area (Å²) in [5.41, 5.74) is 0. The van der Waals surface area contributed by atoms with Gasteiger partial charge in [0.25, 0.3) is 5.91 Å². The van der Waals surface area contributed by atoms with E-state index in [0.29, 0.717) is 43.4 Å². The number of thiophene rings is 1. The van der Waals surface area contributed by atoms with E-state index in [1.807, 2.05) is 4.90 Å². The highest BCUT2D eigenvalue weighted by atomic mass is 32.1. The van der Waals surface area contributed by atoms with E-state index < -0.39 is 4.92 Å². The maximum Gasteiger partial charge on any atom is 0.324 e. The topological polar surface area (TPSA) is 95.8 Å². The van der Waals surface area contributed by atoms with E-state index in [4.69, 9.17) is 0 Å². The second-order valence-corrected chi connectivity index (χ2v) is 7.86. The summed E-state index contributed by atoms with van der Waals surface area (Å²) in [6, 6.07) is 2.86. The Morgan fingerprint density at radius 1 is 1.15 bits per heavy atom. The van der Waals surface area contributed by atoms with E-state index in [2.05, 4.69) is 5.32 Å². The predicted molar refractivity (Wildman–Crippen MR) is 98.3 cm³/mol. The number of nitrogens with zero attached hydrogens (tertiary/aromatic N) is 3. The second-order valence-electron chi connectivity index (χ2n) is 6.80. The SMILES string of the molecule is O=C(CCC1CCNCC1)N1CCN(C(=O)c2ccc([N+](=O)[O-])s2)CC1. The van der Waals surface area contributed by atoms with Crippen LogP contribution in [0.1, 0.15) is 35.4 Å². The summed E-state index contributed by atoms with van der Waals surface area (Å²) < 4.78 is 0. The van der Waals surface area contributed by atoms with Crippen LogP contribution >= 0.6 is 11.3 Å². The molecule has 2 amide bonds. The lowest BCUT2D eigenvalue weighted by Gasteiger charge is -2.35. The summed E-state index contributed by atoms with van der Waals surface area (Å²) >= 11 is 0.898. The van der Waals surface area contributed by atoms with Crippen LogP contribution in [0.25, 0.3) is 0 Å². The van der Waals surface area contributed by atoms with Crippen LogP contribution in [0.5, 0.6) is 0 Å². The molecule has 2 saturated heterocycles. The first-order chi connectivity index (χ1) is 12.5. The van der Waals surface area contributed by atoms with E-state index >= 15 is 0 Å². The maximum absolute atomic E-state index is 12.4. The molecule has 0 aromatic carbocycles. The number of nitrogens with one attached hydrogen (secondary N) is 1. The summed E-state index contributed by atoms with van der Waals surface area (Å²) in [6.45, 7) is 4.10. The fourth-order valence-corrected chi connectivity index (χ4v) is 4.30. The van der Waals surface area contributed by atoms with E-state index in [1.165, 1.54) is 12.1 Å². The molecule has 2 aliphatic heterocycles. The summed E-state index contributed by atoms with van der Waals surface area (Å²) in [6.07, 6.45) is 3.80. The summed E-state index contributed by atoms with van der Waals surface area (Å²) in [4.78, 5) is 39.0. The molecule has 1 N–H and O–H groups in total.